The van der Waals surface area contributed by atoms with Crippen LogP contribution in [0, 0.1) is 18.6 Å². The van der Waals surface area contributed by atoms with E-state index in [0.717, 1.165) is 12.4 Å². The molecular formula is C18H10ClF2N5O. The number of halogens is 3. The van der Waals surface area contributed by atoms with Crippen molar-refractivity contribution in [3.8, 4) is 34.3 Å². The molecule has 4 rings (SSSR count). The SMILES string of the molecule is Cc1cc(-c2cncc(F)c2Cl)cc(-c2nnc(-c3ccc(F)cn3)o2)n1. The second-order valence-corrected chi connectivity index (χ2v) is 6.02. The molecule has 0 unspecified atom stereocenters. The highest BCUT2D eigenvalue weighted by molar-refractivity contribution is 6.33. The van der Waals surface area contributed by atoms with E-state index in [4.69, 9.17) is 16.0 Å². The van der Waals surface area contributed by atoms with Crippen LogP contribution in [0.15, 0.2) is 47.3 Å². The molecule has 0 spiro atoms. The molecule has 4 heterocycles. The minimum Gasteiger partial charge on any atom is -0.413 e. The first-order valence-electron chi connectivity index (χ1n) is 7.75. The fraction of sp³-hybridized carbons (Fsp3) is 0.0556. The maximum atomic E-state index is 13.7. The third-order valence-electron chi connectivity index (χ3n) is 3.69. The Morgan fingerprint density at radius 2 is 1.74 bits per heavy atom. The molecule has 0 saturated heterocycles. The van der Waals surface area contributed by atoms with Crippen molar-refractivity contribution in [3.05, 3.63) is 65.2 Å². The molecular weight excluding hydrogens is 376 g/mol. The van der Waals surface area contributed by atoms with Crippen molar-refractivity contribution in [1.29, 1.82) is 0 Å². The van der Waals surface area contributed by atoms with E-state index in [2.05, 4.69) is 25.1 Å². The van der Waals surface area contributed by atoms with Crippen LogP contribution >= 0.6 is 11.6 Å². The first kappa shape index (κ1) is 17.2. The second-order valence-electron chi connectivity index (χ2n) is 5.64. The zero-order chi connectivity index (χ0) is 19.0. The van der Waals surface area contributed by atoms with Gasteiger partial charge in [-0.05, 0) is 36.8 Å². The van der Waals surface area contributed by atoms with Crippen molar-refractivity contribution < 1.29 is 13.2 Å². The predicted molar refractivity (Wildman–Crippen MR) is 93.7 cm³/mol. The van der Waals surface area contributed by atoms with Crippen LogP contribution in [0.3, 0.4) is 0 Å². The molecule has 0 aliphatic heterocycles. The van der Waals surface area contributed by atoms with Crippen molar-refractivity contribution in [1.82, 2.24) is 25.1 Å². The Kier molecular flexibility index (Phi) is 4.33. The van der Waals surface area contributed by atoms with Crippen molar-refractivity contribution in [2.75, 3.05) is 0 Å². The first-order chi connectivity index (χ1) is 13.0. The van der Waals surface area contributed by atoms with Gasteiger partial charge in [0.05, 0.1) is 17.4 Å². The van der Waals surface area contributed by atoms with E-state index < -0.39 is 11.6 Å². The molecule has 4 aromatic rings. The van der Waals surface area contributed by atoms with Gasteiger partial charge >= 0.3 is 0 Å². The molecule has 0 bridgehead atoms. The monoisotopic (exact) mass is 385 g/mol. The van der Waals surface area contributed by atoms with Gasteiger partial charge in [0.25, 0.3) is 11.8 Å². The van der Waals surface area contributed by atoms with Crippen LogP contribution in [0.4, 0.5) is 8.78 Å². The summed E-state index contributed by atoms with van der Waals surface area (Å²) in [4.78, 5) is 12.1. The summed E-state index contributed by atoms with van der Waals surface area (Å²) < 4.78 is 32.3. The van der Waals surface area contributed by atoms with Crippen LogP contribution in [0.1, 0.15) is 5.69 Å². The summed E-state index contributed by atoms with van der Waals surface area (Å²) in [5, 5.41) is 7.84. The molecule has 0 atom stereocenters. The van der Waals surface area contributed by atoms with Gasteiger partial charge in [-0.3, -0.25) is 4.98 Å². The van der Waals surface area contributed by atoms with Crippen LogP contribution < -0.4 is 0 Å². The summed E-state index contributed by atoms with van der Waals surface area (Å²) in [5.41, 5.74) is 2.38. The molecule has 0 radical (unpaired) electrons. The van der Waals surface area contributed by atoms with Crippen molar-refractivity contribution in [2.45, 2.75) is 6.92 Å². The fourth-order valence-electron chi connectivity index (χ4n) is 2.49. The summed E-state index contributed by atoms with van der Waals surface area (Å²) in [7, 11) is 0. The normalized spacial score (nSPS) is 11.0. The van der Waals surface area contributed by atoms with E-state index in [1.165, 1.54) is 18.3 Å². The maximum absolute atomic E-state index is 13.7. The molecule has 0 aliphatic rings. The third-order valence-corrected chi connectivity index (χ3v) is 4.08. The average molecular weight is 386 g/mol. The summed E-state index contributed by atoms with van der Waals surface area (Å²) in [6.07, 6.45) is 3.56. The highest BCUT2D eigenvalue weighted by atomic mass is 35.5. The van der Waals surface area contributed by atoms with E-state index in [-0.39, 0.29) is 16.8 Å². The minimum absolute atomic E-state index is 0.0386. The standard InChI is InChI=1S/C18H10ClF2N5O/c1-9-4-10(12-7-22-8-13(21)16(12)19)5-15(24-9)18-26-25-17(27-18)14-3-2-11(20)6-23-14/h2-8H,1H3. The molecule has 9 heteroatoms. The smallest absolute Gasteiger partial charge is 0.266 e. The van der Waals surface area contributed by atoms with Gasteiger partial charge in [0.1, 0.15) is 17.2 Å². The summed E-state index contributed by atoms with van der Waals surface area (Å²) in [5.74, 6) is -0.821. The number of aromatic nitrogens is 5. The Balaban J connectivity index is 1.76. The van der Waals surface area contributed by atoms with Crippen LogP contribution in [0.25, 0.3) is 34.3 Å². The Hall–Kier alpha value is -3.26. The Morgan fingerprint density at radius 1 is 0.963 bits per heavy atom. The Labute approximate surface area is 156 Å². The zero-order valence-corrected chi connectivity index (χ0v) is 14.6. The van der Waals surface area contributed by atoms with Gasteiger partial charge in [-0.15, -0.1) is 10.2 Å². The summed E-state index contributed by atoms with van der Waals surface area (Å²) >= 11 is 6.05. The van der Waals surface area contributed by atoms with Gasteiger partial charge in [0.15, 0.2) is 5.82 Å². The number of hydrogen-bond acceptors (Lipinski definition) is 6. The molecule has 0 aliphatic carbocycles. The first-order valence-corrected chi connectivity index (χ1v) is 8.13. The van der Waals surface area contributed by atoms with Gasteiger partial charge in [-0.2, -0.15) is 0 Å². The lowest BCUT2D eigenvalue weighted by Gasteiger charge is -2.07. The number of aryl methyl sites for hydroxylation is 1. The van der Waals surface area contributed by atoms with Gasteiger partial charge in [-0.25, -0.2) is 18.7 Å². The summed E-state index contributed by atoms with van der Waals surface area (Å²) in [6, 6.07) is 6.06. The largest absolute Gasteiger partial charge is 0.413 e. The van der Waals surface area contributed by atoms with E-state index >= 15 is 0 Å². The molecule has 0 aromatic carbocycles. The molecule has 0 saturated carbocycles. The summed E-state index contributed by atoms with van der Waals surface area (Å²) in [6.45, 7) is 1.77. The van der Waals surface area contributed by atoms with Crippen LogP contribution in [0.2, 0.25) is 5.02 Å². The highest BCUT2D eigenvalue weighted by Gasteiger charge is 2.16. The number of pyridine rings is 3. The van der Waals surface area contributed by atoms with Gasteiger partial charge in [-0.1, -0.05) is 11.6 Å². The minimum atomic E-state index is -0.618. The lowest BCUT2D eigenvalue weighted by molar-refractivity contribution is 0.577. The second kappa shape index (κ2) is 6.81. The number of nitrogens with zero attached hydrogens (tertiary/aromatic N) is 5. The lowest BCUT2D eigenvalue weighted by Crippen LogP contribution is -1.92. The lowest BCUT2D eigenvalue weighted by atomic mass is 10.1. The van der Waals surface area contributed by atoms with Crippen molar-refractivity contribution in [2.24, 2.45) is 0 Å². The number of rotatable bonds is 3. The Bertz CT molecular complexity index is 1130. The van der Waals surface area contributed by atoms with Crippen molar-refractivity contribution in [3.63, 3.8) is 0 Å². The van der Waals surface area contributed by atoms with E-state index in [0.29, 0.717) is 28.2 Å². The third kappa shape index (κ3) is 3.39. The Morgan fingerprint density at radius 3 is 2.48 bits per heavy atom. The van der Waals surface area contributed by atoms with E-state index in [1.807, 2.05) is 0 Å². The van der Waals surface area contributed by atoms with Crippen molar-refractivity contribution >= 4 is 11.6 Å². The molecule has 6 nitrogen and oxygen atoms in total. The van der Waals surface area contributed by atoms with E-state index in [1.54, 1.807) is 19.1 Å². The zero-order valence-electron chi connectivity index (χ0n) is 13.8. The topological polar surface area (TPSA) is 77.6 Å². The molecule has 0 amide bonds. The fourth-order valence-corrected chi connectivity index (χ4v) is 2.69. The van der Waals surface area contributed by atoms with Gasteiger partial charge < -0.3 is 4.42 Å². The molecule has 0 N–H and O–H groups in total. The molecule has 134 valence electrons. The van der Waals surface area contributed by atoms with Crippen LogP contribution in [-0.4, -0.2) is 25.1 Å². The maximum Gasteiger partial charge on any atom is 0.266 e. The quantitative estimate of drug-likeness (QED) is 0.517. The van der Waals surface area contributed by atoms with Crippen LogP contribution in [-0.2, 0) is 0 Å². The molecule has 4 aromatic heterocycles. The van der Waals surface area contributed by atoms with Gasteiger partial charge in [0.2, 0.25) is 0 Å². The van der Waals surface area contributed by atoms with Crippen LogP contribution in [0.5, 0.6) is 0 Å². The average Bonchev–Trinajstić information content (AvgIpc) is 3.14. The highest BCUT2D eigenvalue weighted by Crippen LogP contribution is 2.32. The molecule has 0 fully saturated rings. The van der Waals surface area contributed by atoms with Gasteiger partial charge in [0, 0.05) is 17.5 Å². The number of hydrogen-bond donors (Lipinski definition) is 0. The molecule has 27 heavy (non-hydrogen) atoms. The predicted octanol–water partition coefficient (Wildman–Crippen LogP) is 4.50. The van der Waals surface area contributed by atoms with E-state index in [9.17, 15) is 8.78 Å².